The molecular formula is C19H26N2O4S. The fraction of sp³-hybridized carbons (Fsp3) is 0.632. The van der Waals surface area contributed by atoms with Gasteiger partial charge in [-0.2, -0.15) is 4.31 Å². The maximum absolute atomic E-state index is 13.0. The number of aryl methyl sites for hydroxylation is 1. The lowest BCUT2D eigenvalue weighted by Crippen LogP contribution is -2.41. The molecule has 0 aromatic heterocycles. The Morgan fingerprint density at radius 1 is 1.19 bits per heavy atom. The second kappa shape index (κ2) is 6.94. The topological polar surface area (TPSA) is 75.7 Å². The number of hydrogen-bond acceptors (Lipinski definition) is 4. The quantitative estimate of drug-likeness (QED) is 0.869. The number of sulfonamides is 1. The maximum Gasteiger partial charge on any atom is 0.251 e. The summed E-state index contributed by atoms with van der Waals surface area (Å²) in [5.41, 5.74) is 1.08. The number of nitrogens with zero attached hydrogens (tertiary/aromatic N) is 1. The van der Waals surface area contributed by atoms with Gasteiger partial charge < -0.3 is 10.1 Å². The van der Waals surface area contributed by atoms with Crippen LogP contribution in [-0.4, -0.2) is 51.0 Å². The van der Waals surface area contributed by atoms with Crippen molar-refractivity contribution in [1.29, 1.82) is 0 Å². The van der Waals surface area contributed by atoms with Crippen molar-refractivity contribution in [3.05, 3.63) is 29.3 Å². The van der Waals surface area contributed by atoms with Crippen LogP contribution >= 0.6 is 0 Å². The summed E-state index contributed by atoms with van der Waals surface area (Å²) in [4.78, 5) is 12.9. The van der Waals surface area contributed by atoms with Gasteiger partial charge >= 0.3 is 0 Å². The van der Waals surface area contributed by atoms with E-state index >= 15 is 0 Å². The van der Waals surface area contributed by atoms with Crippen LogP contribution in [0.15, 0.2) is 23.1 Å². The van der Waals surface area contributed by atoms with E-state index in [1.807, 2.05) is 0 Å². The van der Waals surface area contributed by atoms with Gasteiger partial charge in [-0.15, -0.1) is 0 Å². The van der Waals surface area contributed by atoms with Crippen molar-refractivity contribution >= 4 is 15.9 Å². The third-order valence-electron chi connectivity index (χ3n) is 6.09. The van der Waals surface area contributed by atoms with Crippen LogP contribution in [-0.2, 0) is 14.8 Å². The van der Waals surface area contributed by atoms with Crippen molar-refractivity contribution in [3.63, 3.8) is 0 Å². The third-order valence-corrected chi connectivity index (χ3v) is 8.13. The van der Waals surface area contributed by atoms with Crippen molar-refractivity contribution < 1.29 is 17.9 Å². The molecule has 3 atom stereocenters. The van der Waals surface area contributed by atoms with Crippen molar-refractivity contribution in [2.45, 2.75) is 43.5 Å². The Hall–Kier alpha value is -1.44. The highest BCUT2D eigenvalue weighted by atomic mass is 32.2. The zero-order valence-electron chi connectivity index (χ0n) is 15.1. The lowest BCUT2D eigenvalue weighted by atomic mass is 9.95. The Bertz CT molecular complexity index is 802. The van der Waals surface area contributed by atoms with Crippen LogP contribution in [0, 0.1) is 18.8 Å². The highest BCUT2D eigenvalue weighted by Crippen LogP contribution is 2.44. The molecular weight excluding hydrogens is 352 g/mol. The lowest BCUT2D eigenvalue weighted by Gasteiger charge is -2.27. The number of ether oxygens (including phenoxy) is 1. The van der Waals surface area contributed by atoms with Crippen LogP contribution < -0.4 is 5.32 Å². The van der Waals surface area contributed by atoms with E-state index in [4.69, 9.17) is 4.74 Å². The van der Waals surface area contributed by atoms with Gasteiger partial charge in [-0.25, -0.2) is 8.42 Å². The van der Waals surface area contributed by atoms with Crippen molar-refractivity contribution in [3.8, 4) is 0 Å². The fourth-order valence-electron chi connectivity index (χ4n) is 4.62. The molecule has 0 spiro atoms. The summed E-state index contributed by atoms with van der Waals surface area (Å²) in [6, 6.07) is 5.21. The summed E-state index contributed by atoms with van der Waals surface area (Å²) in [7, 11) is -3.61. The van der Waals surface area contributed by atoms with Gasteiger partial charge in [0.25, 0.3) is 5.91 Å². The molecule has 1 saturated heterocycles. The van der Waals surface area contributed by atoms with Gasteiger partial charge in [0, 0.05) is 24.7 Å². The molecule has 1 amide bonds. The minimum absolute atomic E-state index is 0.166. The molecule has 0 unspecified atom stereocenters. The normalized spacial score (nSPS) is 29.0. The first-order valence-corrected chi connectivity index (χ1v) is 10.9. The molecule has 1 heterocycles. The number of carbonyl (C=O) groups is 1. The number of rotatable bonds is 4. The molecule has 2 bridgehead atoms. The molecule has 0 radical (unpaired) electrons. The molecule has 26 heavy (non-hydrogen) atoms. The molecule has 3 fully saturated rings. The standard InChI is InChI=1S/C19H26N2O4S/c1-13-2-4-16(19(22)20-17-11-14-3-5-15(17)10-14)12-18(13)26(23,24)21-6-8-25-9-7-21/h2,4,12,14-15,17H,3,5-11H2,1H3,(H,20,22)/t14-,15-,17-/m1/s1. The highest BCUT2D eigenvalue weighted by molar-refractivity contribution is 7.89. The maximum atomic E-state index is 13.0. The average molecular weight is 378 g/mol. The second-order valence-electron chi connectivity index (χ2n) is 7.75. The van der Waals surface area contributed by atoms with E-state index in [0.29, 0.717) is 43.3 Å². The Morgan fingerprint density at radius 2 is 1.96 bits per heavy atom. The molecule has 3 aliphatic rings. The van der Waals surface area contributed by atoms with Gasteiger partial charge in [0.15, 0.2) is 0 Å². The SMILES string of the molecule is Cc1ccc(C(=O)N[C@@H]2C[C@@H]3CC[C@@H]2C3)cc1S(=O)(=O)N1CCOCC1. The summed E-state index contributed by atoms with van der Waals surface area (Å²) in [6.07, 6.45) is 4.75. The van der Waals surface area contributed by atoms with E-state index in [-0.39, 0.29) is 16.8 Å². The molecule has 4 rings (SSSR count). The average Bonchev–Trinajstić information content (AvgIpc) is 3.25. The second-order valence-corrected chi connectivity index (χ2v) is 9.66. The first kappa shape index (κ1) is 17.9. The van der Waals surface area contributed by atoms with E-state index in [1.54, 1.807) is 19.1 Å². The number of nitrogens with one attached hydrogen (secondary N) is 1. The zero-order valence-corrected chi connectivity index (χ0v) is 15.9. The molecule has 2 saturated carbocycles. The van der Waals surface area contributed by atoms with E-state index in [9.17, 15) is 13.2 Å². The number of morpholine rings is 1. The Balaban J connectivity index is 1.54. The van der Waals surface area contributed by atoms with Gasteiger partial charge in [-0.3, -0.25) is 4.79 Å². The molecule has 1 aliphatic heterocycles. The predicted molar refractivity (Wildman–Crippen MR) is 97.5 cm³/mol. The van der Waals surface area contributed by atoms with E-state index in [0.717, 1.165) is 12.3 Å². The Morgan fingerprint density at radius 3 is 2.62 bits per heavy atom. The van der Waals surface area contributed by atoms with Crippen LogP contribution in [0.3, 0.4) is 0 Å². The van der Waals surface area contributed by atoms with Gasteiger partial charge in [-0.05, 0) is 55.7 Å². The first-order valence-electron chi connectivity index (χ1n) is 9.44. The molecule has 7 heteroatoms. The van der Waals surface area contributed by atoms with E-state index < -0.39 is 10.0 Å². The Labute approximate surface area is 155 Å². The van der Waals surface area contributed by atoms with Crippen molar-refractivity contribution in [1.82, 2.24) is 9.62 Å². The number of benzene rings is 1. The summed E-state index contributed by atoms with van der Waals surface area (Å²) in [6.45, 7) is 3.28. The monoisotopic (exact) mass is 378 g/mol. The van der Waals surface area contributed by atoms with Gasteiger partial charge in [0.1, 0.15) is 0 Å². The van der Waals surface area contributed by atoms with Gasteiger partial charge in [0.2, 0.25) is 10.0 Å². The summed E-state index contributed by atoms with van der Waals surface area (Å²) < 4.78 is 32.6. The largest absolute Gasteiger partial charge is 0.379 e. The molecule has 2 aliphatic carbocycles. The minimum atomic E-state index is -3.61. The fourth-order valence-corrected chi connectivity index (χ4v) is 6.28. The number of hydrogen-bond donors (Lipinski definition) is 1. The zero-order chi connectivity index (χ0) is 18.3. The predicted octanol–water partition coefficient (Wildman–Crippen LogP) is 1.93. The third kappa shape index (κ3) is 3.28. The molecule has 1 N–H and O–H groups in total. The van der Waals surface area contributed by atoms with Crippen molar-refractivity contribution in [2.24, 2.45) is 11.8 Å². The van der Waals surface area contributed by atoms with Crippen LogP contribution in [0.1, 0.15) is 41.6 Å². The number of carbonyl (C=O) groups excluding carboxylic acids is 1. The number of fused-ring (bicyclic) bond motifs is 2. The van der Waals surface area contributed by atoms with E-state index in [1.165, 1.54) is 29.6 Å². The van der Waals surface area contributed by atoms with Crippen LogP contribution in [0.2, 0.25) is 0 Å². The first-order chi connectivity index (χ1) is 12.4. The highest BCUT2D eigenvalue weighted by Gasteiger charge is 2.40. The summed E-state index contributed by atoms with van der Waals surface area (Å²) >= 11 is 0. The number of amides is 1. The van der Waals surface area contributed by atoms with Gasteiger partial charge in [0.05, 0.1) is 18.1 Å². The minimum Gasteiger partial charge on any atom is -0.379 e. The van der Waals surface area contributed by atoms with Crippen molar-refractivity contribution in [2.75, 3.05) is 26.3 Å². The molecule has 1 aromatic carbocycles. The van der Waals surface area contributed by atoms with Crippen LogP contribution in [0.4, 0.5) is 0 Å². The molecule has 6 nitrogen and oxygen atoms in total. The van der Waals surface area contributed by atoms with E-state index in [2.05, 4.69) is 5.32 Å². The van der Waals surface area contributed by atoms with Crippen LogP contribution in [0.5, 0.6) is 0 Å². The molecule has 142 valence electrons. The lowest BCUT2D eigenvalue weighted by molar-refractivity contribution is 0.0730. The Kier molecular flexibility index (Phi) is 4.79. The molecule has 1 aromatic rings. The summed E-state index contributed by atoms with van der Waals surface area (Å²) in [5, 5.41) is 3.14. The van der Waals surface area contributed by atoms with Gasteiger partial charge in [-0.1, -0.05) is 12.5 Å². The van der Waals surface area contributed by atoms with Crippen LogP contribution in [0.25, 0.3) is 0 Å². The smallest absolute Gasteiger partial charge is 0.251 e. The summed E-state index contributed by atoms with van der Waals surface area (Å²) in [5.74, 6) is 1.17.